The van der Waals surface area contributed by atoms with Gasteiger partial charge in [-0.15, -0.1) is 0 Å². The van der Waals surface area contributed by atoms with Crippen LogP contribution in [0.5, 0.6) is 0 Å². The predicted molar refractivity (Wildman–Crippen MR) is 148 cm³/mol. The molecule has 10 nitrogen and oxygen atoms in total. The lowest BCUT2D eigenvalue weighted by Gasteiger charge is -2.47. The van der Waals surface area contributed by atoms with Crippen LogP contribution in [0.2, 0.25) is 10.2 Å². The number of piperidine rings is 1. The number of nitrogens with one attached hydrogen (secondary N) is 2. The van der Waals surface area contributed by atoms with E-state index >= 15 is 0 Å². The average Bonchev–Trinajstić information content (AvgIpc) is 3.46. The van der Waals surface area contributed by atoms with E-state index in [9.17, 15) is 9.59 Å². The fraction of sp³-hybridized carbons (Fsp3) is 0.500. The van der Waals surface area contributed by atoms with Gasteiger partial charge in [0, 0.05) is 61.9 Å². The zero-order chi connectivity index (χ0) is 26.6. The summed E-state index contributed by atoms with van der Waals surface area (Å²) in [6.45, 7) is 7.43. The number of aliphatic imine (C=N–C) groups is 1. The average molecular weight is 560 g/mol. The summed E-state index contributed by atoms with van der Waals surface area (Å²) in [6.07, 6.45) is 4.34. The Morgan fingerprint density at radius 2 is 1.87 bits per heavy atom. The summed E-state index contributed by atoms with van der Waals surface area (Å²) in [5.41, 5.74) is 0.832. The second-order valence-corrected chi connectivity index (χ2v) is 10.6. The number of halogens is 2. The molecule has 3 aliphatic heterocycles. The van der Waals surface area contributed by atoms with E-state index in [0.29, 0.717) is 47.5 Å². The Bertz CT molecular complexity index is 1200. The molecule has 2 fully saturated rings. The zero-order valence-corrected chi connectivity index (χ0v) is 22.9. The molecule has 0 saturated carbocycles. The molecule has 0 bridgehead atoms. The van der Waals surface area contributed by atoms with Gasteiger partial charge in [-0.25, -0.2) is 9.97 Å². The molecule has 2 N–H and O–H groups in total. The van der Waals surface area contributed by atoms with E-state index in [1.54, 1.807) is 24.3 Å². The lowest BCUT2D eigenvalue weighted by atomic mass is 9.97. The first kappa shape index (κ1) is 26.6. The van der Waals surface area contributed by atoms with E-state index in [0.717, 1.165) is 52.0 Å². The normalized spacial score (nSPS) is 20.7. The maximum Gasteiger partial charge on any atom is 0.278 e. The molecule has 0 spiro atoms. The van der Waals surface area contributed by atoms with E-state index in [4.69, 9.17) is 23.2 Å². The van der Waals surface area contributed by atoms with Crippen molar-refractivity contribution in [2.45, 2.75) is 38.3 Å². The lowest BCUT2D eigenvalue weighted by Crippen LogP contribution is -2.58. The first-order valence-corrected chi connectivity index (χ1v) is 13.9. The third-order valence-corrected chi connectivity index (χ3v) is 7.97. The minimum atomic E-state index is -0.392. The number of anilines is 1. The van der Waals surface area contributed by atoms with Gasteiger partial charge in [-0.2, -0.15) is 0 Å². The van der Waals surface area contributed by atoms with Gasteiger partial charge in [-0.3, -0.25) is 24.8 Å². The summed E-state index contributed by atoms with van der Waals surface area (Å²) in [7, 11) is 0. The van der Waals surface area contributed by atoms with Crippen molar-refractivity contribution in [2.75, 3.05) is 50.7 Å². The van der Waals surface area contributed by atoms with Gasteiger partial charge < -0.3 is 15.1 Å². The number of hydrogen-bond donors (Lipinski definition) is 2. The fourth-order valence-electron chi connectivity index (χ4n) is 5.42. The van der Waals surface area contributed by atoms with Crippen molar-refractivity contribution < 1.29 is 9.59 Å². The van der Waals surface area contributed by atoms with Crippen molar-refractivity contribution in [1.29, 1.82) is 0 Å². The maximum atomic E-state index is 12.9. The number of rotatable bonds is 5. The zero-order valence-electron chi connectivity index (χ0n) is 21.4. The Balaban J connectivity index is 1.17. The van der Waals surface area contributed by atoms with Crippen LogP contribution in [0.15, 0.2) is 35.5 Å². The minimum absolute atomic E-state index is 0.0646. The molecule has 1 atom stereocenters. The van der Waals surface area contributed by atoms with Crippen LogP contribution in [0.25, 0.3) is 0 Å². The van der Waals surface area contributed by atoms with E-state index in [-0.39, 0.29) is 16.8 Å². The number of amides is 2. The van der Waals surface area contributed by atoms with Gasteiger partial charge in [0.05, 0.1) is 12.7 Å². The van der Waals surface area contributed by atoms with Crippen molar-refractivity contribution in [3.8, 4) is 0 Å². The molecule has 38 heavy (non-hydrogen) atoms. The lowest BCUT2D eigenvalue weighted by molar-refractivity contribution is 0.0490. The van der Waals surface area contributed by atoms with E-state index in [1.165, 1.54) is 6.20 Å². The van der Waals surface area contributed by atoms with Gasteiger partial charge in [0.2, 0.25) is 0 Å². The second kappa shape index (κ2) is 11.8. The highest BCUT2D eigenvalue weighted by Gasteiger charge is 2.35. The number of benzene rings is 1. The SMILES string of the molecule is CC[C@H]1CN(c2ncc(C(=O)NC3=NCCN3)nc2Cl)CCN1C1CCN(C(=O)c2ccc(Cl)cc2)CC1. The third-order valence-electron chi connectivity index (χ3n) is 7.46. The second-order valence-electron chi connectivity index (χ2n) is 9.76. The number of aromatic nitrogens is 2. The van der Waals surface area contributed by atoms with E-state index in [2.05, 4.69) is 42.3 Å². The molecular weight excluding hydrogens is 527 g/mol. The Morgan fingerprint density at radius 3 is 2.53 bits per heavy atom. The first-order chi connectivity index (χ1) is 18.4. The van der Waals surface area contributed by atoms with Crippen molar-refractivity contribution in [2.24, 2.45) is 4.99 Å². The van der Waals surface area contributed by atoms with Crippen molar-refractivity contribution >= 4 is 46.8 Å². The van der Waals surface area contributed by atoms with Crippen LogP contribution in [0, 0.1) is 0 Å². The Kier molecular flexibility index (Phi) is 8.30. The Labute approximate surface area is 232 Å². The standard InChI is InChI=1S/C26H32Cl2N8O2/c1-2-19-16-35(23-22(28)32-21(15-31-23)24(37)33-26-29-9-10-30-26)13-14-36(19)20-7-11-34(12-8-20)25(38)17-3-5-18(27)6-4-17/h3-6,15,19-20H,2,7-14,16H2,1H3,(H2,29,30,33,37)/t19-/m0/s1. The molecule has 12 heteroatoms. The van der Waals surface area contributed by atoms with Gasteiger partial charge in [0.1, 0.15) is 5.69 Å². The van der Waals surface area contributed by atoms with Crippen LogP contribution in [0.4, 0.5) is 5.82 Å². The van der Waals surface area contributed by atoms with Crippen molar-refractivity contribution in [3.05, 3.63) is 51.9 Å². The number of carbonyl (C=O) groups is 2. The first-order valence-electron chi connectivity index (χ1n) is 13.1. The smallest absolute Gasteiger partial charge is 0.278 e. The number of nitrogens with zero attached hydrogens (tertiary/aromatic N) is 6. The van der Waals surface area contributed by atoms with Crippen molar-refractivity contribution in [1.82, 2.24) is 30.4 Å². The summed E-state index contributed by atoms with van der Waals surface area (Å²) in [5.74, 6) is 0.714. The molecule has 202 valence electrons. The summed E-state index contributed by atoms with van der Waals surface area (Å²) in [4.78, 5) is 45.0. The summed E-state index contributed by atoms with van der Waals surface area (Å²) in [5, 5.41) is 6.53. The van der Waals surface area contributed by atoms with Crippen LogP contribution >= 0.6 is 23.2 Å². The highest BCUT2D eigenvalue weighted by atomic mass is 35.5. The Hall–Kier alpha value is -2.95. The monoisotopic (exact) mass is 558 g/mol. The van der Waals surface area contributed by atoms with Gasteiger partial charge in [0.15, 0.2) is 16.9 Å². The van der Waals surface area contributed by atoms with Crippen LogP contribution in [-0.2, 0) is 0 Å². The molecule has 5 rings (SSSR count). The molecule has 2 amide bonds. The molecule has 0 unspecified atom stereocenters. The van der Waals surface area contributed by atoms with Crippen LogP contribution in [-0.4, -0.2) is 95.4 Å². The Morgan fingerprint density at radius 1 is 1.11 bits per heavy atom. The summed E-state index contributed by atoms with van der Waals surface area (Å²) < 4.78 is 0. The molecule has 0 aliphatic carbocycles. The number of carbonyl (C=O) groups excluding carboxylic acids is 2. The fourth-order valence-corrected chi connectivity index (χ4v) is 5.80. The summed E-state index contributed by atoms with van der Waals surface area (Å²) in [6, 6.07) is 7.86. The maximum absolute atomic E-state index is 12.9. The summed E-state index contributed by atoms with van der Waals surface area (Å²) >= 11 is 12.5. The number of piperazine rings is 1. The molecule has 1 aromatic heterocycles. The van der Waals surface area contributed by atoms with Gasteiger partial charge in [-0.05, 0) is 43.5 Å². The molecule has 2 saturated heterocycles. The number of guanidine groups is 1. The van der Waals surface area contributed by atoms with Gasteiger partial charge >= 0.3 is 0 Å². The predicted octanol–water partition coefficient (Wildman–Crippen LogP) is 2.68. The van der Waals surface area contributed by atoms with E-state index in [1.807, 2.05) is 4.90 Å². The molecule has 2 aromatic rings. The van der Waals surface area contributed by atoms with Crippen molar-refractivity contribution in [3.63, 3.8) is 0 Å². The quantitative estimate of drug-likeness (QED) is 0.581. The van der Waals surface area contributed by atoms with Gasteiger partial charge in [0.25, 0.3) is 11.8 Å². The number of likely N-dealkylation sites (tertiary alicyclic amines) is 1. The molecular formula is C26H32Cl2N8O2. The molecule has 4 heterocycles. The minimum Gasteiger partial charge on any atom is -0.354 e. The highest BCUT2D eigenvalue weighted by Crippen LogP contribution is 2.28. The topological polar surface area (TPSA) is 106 Å². The van der Waals surface area contributed by atoms with Crippen LogP contribution < -0.4 is 15.5 Å². The molecule has 3 aliphatic rings. The van der Waals surface area contributed by atoms with Crippen LogP contribution in [0.3, 0.4) is 0 Å². The highest BCUT2D eigenvalue weighted by molar-refractivity contribution is 6.32. The van der Waals surface area contributed by atoms with Crippen LogP contribution in [0.1, 0.15) is 47.0 Å². The third kappa shape index (κ3) is 5.87. The number of hydrogen-bond acceptors (Lipinski definition) is 8. The molecule has 0 radical (unpaired) electrons. The van der Waals surface area contributed by atoms with E-state index < -0.39 is 5.91 Å². The van der Waals surface area contributed by atoms with Gasteiger partial charge in [-0.1, -0.05) is 30.1 Å². The molecule has 1 aromatic carbocycles. The largest absolute Gasteiger partial charge is 0.354 e.